The molecule has 0 aliphatic carbocycles. The molecular formula is C17H17N3O2. The summed E-state index contributed by atoms with van der Waals surface area (Å²) < 4.78 is 5.13. The molecule has 1 aromatic heterocycles. The minimum absolute atomic E-state index is 0.125. The third kappa shape index (κ3) is 2.93. The van der Waals surface area contributed by atoms with Crippen molar-refractivity contribution in [2.75, 3.05) is 7.11 Å². The highest BCUT2D eigenvalue weighted by molar-refractivity contribution is 5.94. The second-order valence-electron chi connectivity index (χ2n) is 5.09. The zero-order chi connectivity index (χ0) is 15.5. The zero-order valence-corrected chi connectivity index (χ0v) is 12.5. The number of imidazole rings is 1. The van der Waals surface area contributed by atoms with Crippen LogP contribution in [0.15, 0.2) is 42.5 Å². The van der Waals surface area contributed by atoms with Crippen LogP contribution in [0.2, 0.25) is 0 Å². The molecule has 0 fully saturated rings. The monoisotopic (exact) mass is 295 g/mol. The fraction of sp³-hybridized carbons (Fsp3) is 0.176. The summed E-state index contributed by atoms with van der Waals surface area (Å²) in [5.41, 5.74) is 3.51. The zero-order valence-electron chi connectivity index (χ0n) is 12.5. The number of amides is 1. The van der Waals surface area contributed by atoms with Crippen molar-refractivity contribution >= 4 is 16.9 Å². The molecule has 2 aromatic carbocycles. The van der Waals surface area contributed by atoms with E-state index < -0.39 is 0 Å². The lowest BCUT2D eigenvalue weighted by Gasteiger charge is -2.07. The van der Waals surface area contributed by atoms with Crippen molar-refractivity contribution in [1.29, 1.82) is 0 Å². The number of aromatic amines is 1. The first-order valence-corrected chi connectivity index (χ1v) is 7.03. The minimum atomic E-state index is -0.125. The maximum absolute atomic E-state index is 12.2. The van der Waals surface area contributed by atoms with Crippen LogP contribution in [0.1, 0.15) is 21.7 Å². The maximum atomic E-state index is 12.2. The van der Waals surface area contributed by atoms with Crippen LogP contribution in [0.25, 0.3) is 11.0 Å². The van der Waals surface area contributed by atoms with Crippen LogP contribution in [0, 0.1) is 6.92 Å². The van der Waals surface area contributed by atoms with E-state index in [1.165, 1.54) is 0 Å². The average molecular weight is 295 g/mol. The van der Waals surface area contributed by atoms with Crippen LogP contribution < -0.4 is 10.1 Å². The predicted octanol–water partition coefficient (Wildman–Crippen LogP) is 2.81. The summed E-state index contributed by atoms with van der Waals surface area (Å²) in [4.78, 5) is 19.7. The molecule has 3 aromatic rings. The molecule has 112 valence electrons. The first-order chi connectivity index (χ1) is 10.7. The number of carbonyl (C=O) groups is 1. The summed E-state index contributed by atoms with van der Waals surface area (Å²) in [6.45, 7) is 2.38. The molecule has 22 heavy (non-hydrogen) atoms. The largest absolute Gasteiger partial charge is 0.497 e. The first kappa shape index (κ1) is 14.1. The van der Waals surface area contributed by atoms with E-state index in [1.54, 1.807) is 25.3 Å². The molecule has 1 heterocycles. The smallest absolute Gasteiger partial charge is 0.251 e. The van der Waals surface area contributed by atoms with Gasteiger partial charge in [-0.3, -0.25) is 4.79 Å². The Balaban J connectivity index is 1.71. The van der Waals surface area contributed by atoms with Gasteiger partial charge in [0.05, 0.1) is 18.1 Å². The van der Waals surface area contributed by atoms with E-state index in [4.69, 9.17) is 4.74 Å². The minimum Gasteiger partial charge on any atom is -0.497 e. The number of hydrogen-bond acceptors (Lipinski definition) is 3. The number of hydrogen-bond donors (Lipinski definition) is 2. The summed E-state index contributed by atoms with van der Waals surface area (Å²) in [6.07, 6.45) is 0. The lowest BCUT2D eigenvalue weighted by molar-refractivity contribution is 0.0950. The number of methoxy groups -OCH3 is 1. The van der Waals surface area contributed by atoms with E-state index in [2.05, 4.69) is 15.3 Å². The molecule has 3 rings (SSSR count). The Kier molecular flexibility index (Phi) is 3.78. The Hall–Kier alpha value is -2.82. The number of benzene rings is 2. The van der Waals surface area contributed by atoms with Crippen molar-refractivity contribution in [3.8, 4) is 5.75 Å². The average Bonchev–Trinajstić information content (AvgIpc) is 2.91. The molecule has 0 aliphatic heterocycles. The van der Waals surface area contributed by atoms with Gasteiger partial charge in [0.25, 0.3) is 5.91 Å². The number of fused-ring (bicyclic) bond motifs is 1. The van der Waals surface area contributed by atoms with Crippen molar-refractivity contribution in [3.63, 3.8) is 0 Å². The van der Waals surface area contributed by atoms with E-state index >= 15 is 0 Å². The van der Waals surface area contributed by atoms with Crippen molar-refractivity contribution < 1.29 is 9.53 Å². The van der Waals surface area contributed by atoms with Crippen LogP contribution in [-0.2, 0) is 6.54 Å². The number of ether oxygens (including phenoxy) is 1. The van der Waals surface area contributed by atoms with Gasteiger partial charge in [0.1, 0.15) is 11.6 Å². The van der Waals surface area contributed by atoms with Gasteiger partial charge < -0.3 is 15.0 Å². The van der Waals surface area contributed by atoms with Crippen LogP contribution in [0.5, 0.6) is 5.75 Å². The predicted molar refractivity (Wildman–Crippen MR) is 85.0 cm³/mol. The Morgan fingerprint density at radius 2 is 2.14 bits per heavy atom. The topological polar surface area (TPSA) is 67.0 Å². The van der Waals surface area contributed by atoms with E-state index in [1.807, 2.05) is 31.2 Å². The molecule has 0 radical (unpaired) electrons. The second-order valence-corrected chi connectivity index (χ2v) is 5.09. The van der Waals surface area contributed by atoms with Gasteiger partial charge in [-0.05, 0) is 42.8 Å². The van der Waals surface area contributed by atoms with Gasteiger partial charge in [-0.25, -0.2) is 4.98 Å². The van der Waals surface area contributed by atoms with Crippen LogP contribution in [-0.4, -0.2) is 23.0 Å². The highest BCUT2D eigenvalue weighted by atomic mass is 16.5. The van der Waals surface area contributed by atoms with Gasteiger partial charge in [0.2, 0.25) is 0 Å². The lowest BCUT2D eigenvalue weighted by Crippen LogP contribution is -2.22. The van der Waals surface area contributed by atoms with Crippen LogP contribution in [0.4, 0.5) is 0 Å². The first-order valence-electron chi connectivity index (χ1n) is 7.03. The molecule has 1 amide bonds. The molecule has 0 unspecified atom stereocenters. The quantitative estimate of drug-likeness (QED) is 0.777. The Morgan fingerprint density at radius 1 is 1.27 bits per heavy atom. The van der Waals surface area contributed by atoms with Crippen molar-refractivity contribution in [2.45, 2.75) is 13.5 Å². The molecule has 2 N–H and O–H groups in total. The molecule has 5 heteroatoms. The number of aromatic nitrogens is 2. The van der Waals surface area contributed by atoms with Gasteiger partial charge in [-0.15, -0.1) is 0 Å². The van der Waals surface area contributed by atoms with Gasteiger partial charge in [-0.1, -0.05) is 12.1 Å². The maximum Gasteiger partial charge on any atom is 0.251 e. The van der Waals surface area contributed by atoms with Crippen LogP contribution >= 0.6 is 0 Å². The van der Waals surface area contributed by atoms with Crippen LogP contribution in [0.3, 0.4) is 0 Å². The van der Waals surface area contributed by atoms with Crippen molar-refractivity contribution in [1.82, 2.24) is 15.3 Å². The number of nitrogens with zero attached hydrogens (tertiary/aromatic N) is 1. The fourth-order valence-corrected chi connectivity index (χ4v) is 2.34. The molecule has 0 atom stereocenters. The number of H-pyrrole nitrogens is 1. The van der Waals surface area contributed by atoms with Gasteiger partial charge >= 0.3 is 0 Å². The Morgan fingerprint density at radius 3 is 2.95 bits per heavy atom. The third-order valence-electron chi connectivity index (χ3n) is 3.45. The number of aryl methyl sites for hydroxylation is 1. The summed E-state index contributed by atoms with van der Waals surface area (Å²) in [5.74, 6) is 1.43. The van der Waals surface area contributed by atoms with Crippen molar-refractivity contribution in [2.24, 2.45) is 0 Å². The molecule has 0 saturated heterocycles. The Bertz CT molecular complexity index is 824. The lowest BCUT2D eigenvalue weighted by atomic mass is 10.1. The Labute approximate surface area is 128 Å². The normalized spacial score (nSPS) is 10.6. The SMILES string of the molecule is COc1cccc(C(=O)NCc2ccc3nc(C)[nH]c3c2)c1. The highest BCUT2D eigenvalue weighted by Crippen LogP contribution is 2.15. The molecular weight excluding hydrogens is 278 g/mol. The molecule has 0 aliphatic rings. The van der Waals surface area contributed by atoms with E-state index in [-0.39, 0.29) is 5.91 Å². The highest BCUT2D eigenvalue weighted by Gasteiger charge is 2.07. The summed E-state index contributed by atoms with van der Waals surface area (Å²) in [6, 6.07) is 13.0. The van der Waals surface area contributed by atoms with E-state index in [0.29, 0.717) is 17.9 Å². The molecule has 0 saturated carbocycles. The summed E-state index contributed by atoms with van der Waals surface area (Å²) >= 11 is 0. The third-order valence-corrected chi connectivity index (χ3v) is 3.45. The van der Waals surface area contributed by atoms with Gasteiger partial charge in [0, 0.05) is 12.1 Å². The van der Waals surface area contributed by atoms with Gasteiger partial charge in [0.15, 0.2) is 0 Å². The van der Waals surface area contributed by atoms with Gasteiger partial charge in [-0.2, -0.15) is 0 Å². The molecule has 0 spiro atoms. The van der Waals surface area contributed by atoms with Crippen molar-refractivity contribution in [3.05, 3.63) is 59.4 Å². The summed E-state index contributed by atoms with van der Waals surface area (Å²) in [7, 11) is 1.58. The molecule has 0 bridgehead atoms. The second kappa shape index (κ2) is 5.89. The van der Waals surface area contributed by atoms with E-state index in [9.17, 15) is 4.79 Å². The molecule has 5 nitrogen and oxygen atoms in total. The number of nitrogens with one attached hydrogen (secondary N) is 2. The fourth-order valence-electron chi connectivity index (χ4n) is 2.34. The number of rotatable bonds is 4. The summed E-state index contributed by atoms with van der Waals surface area (Å²) in [5, 5.41) is 2.91. The van der Waals surface area contributed by atoms with E-state index in [0.717, 1.165) is 22.4 Å². The standard InChI is InChI=1S/C17H17N3O2/c1-11-19-15-7-6-12(8-16(15)20-11)10-18-17(21)13-4-3-5-14(9-13)22-2/h3-9H,10H2,1-2H3,(H,18,21)(H,19,20). The number of carbonyl (C=O) groups excluding carboxylic acids is 1.